The summed E-state index contributed by atoms with van der Waals surface area (Å²) in [7, 11) is 0. The largest absolute Gasteiger partial charge is 0.298 e. The summed E-state index contributed by atoms with van der Waals surface area (Å²) in [5, 5.41) is 0. The van der Waals surface area contributed by atoms with Crippen molar-refractivity contribution < 1.29 is 0 Å². The number of hydrogen-bond donors (Lipinski definition) is 0. The zero-order chi connectivity index (χ0) is 13.8. The lowest BCUT2D eigenvalue weighted by Crippen LogP contribution is -2.34. The zero-order valence-electron chi connectivity index (χ0n) is 11.9. The van der Waals surface area contributed by atoms with E-state index >= 15 is 0 Å². The predicted octanol–water partition coefficient (Wildman–Crippen LogP) is 2.56. The van der Waals surface area contributed by atoms with E-state index in [4.69, 9.17) is 0 Å². The van der Waals surface area contributed by atoms with Crippen molar-refractivity contribution in [2.45, 2.75) is 32.2 Å². The summed E-state index contributed by atoms with van der Waals surface area (Å²) in [4.78, 5) is 15.3. The van der Waals surface area contributed by atoms with Crippen molar-refractivity contribution in [3.8, 4) is 0 Å². The van der Waals surface area contributed by atoms with Gasteiger partial charge in [0.15, 0.2) is 0 Å². The molecule has 1 aliphatic heterocycles. The number of piperidine rings is 1. The second-order valence-corrected chi connectivity index (χ2v) is 5.52. The number of aromatic nitrogens is 3. The average molecular weight is 268 g/mol. The summed E-state index contributed by atoms with van der Waals surface area (Å²) in [6.45, 7) is 5.24. The lowest BCUT2D eigenvalue weighted by Gasteiger charge is -2.32. The molecule has 1 fully saturated rings. The van der Waals surface area contributed by atoms with E-state index in [0.717, 1.165) is 25.3 Å². The Labute approximate surface area is 119 Å². The molecule has 0 spiro atoms. The molecule has 2 aromatic heterocycles. The van der Waals surface area contributed by atoms with Crippen LogP contribution in [0, 0.1) is 6.92 Å². The van der Waals surface area contributed by atoms with E-state index in [2.05, 4.69) is 32.0 Å². The SMILES string of the molecule is Cc1ccc(CN2CCCC(c3ccncn3)C2)cn1. The van der Waals surface area contributed by atoms with E-state index in [1.165, 1.54) is 24.1 Å². The molecule has 0 amide bonds. The molecular weight excluding hydrogens is 248 g/mol. The van der Waals surface area contributed by atoms with E-state index in [1.807, 2.05) is 25.4 Å². The van der Waals surface area contributed by atoms with Crippen LogP contribution in [0.5, 0.6) is 0 Å². The van der Waals surface area contributed by atoms with Gasteiger partial charge in [0.2, 0.25) is 0 Å². The molecule has 2 aromatic rings. The summed E-state index contributed by atoms with van der Waals surface area (Å²) in [6.07, 6.45) is 7.93. The molecule has 0 radical (unpaired) electrons. The number of likely N-dealkylation sites (tertiary alicyclic amines) is 1. The van der Waals surface area contributed by atoms with Gasteiger partial charge in [-0.05, 0) is 44.0 Å². The highest BCUT2D eigenvalue weighted by atomic mass is 15.1. The highest BCUT2D eigenvalue weighted by Gasteiger charge is 2.22. The minimum atomic E-state index is 0.533. The van der Waals surface area contributed by atoms with Crippen LogP contribution in [0.4, 0.5) is 0 Å². The molecule has 4 heteroatoms. The van der Waals surface area contributed by atoms with Crippen LogP contribution in [0.25, 0.3) is 0 Å². The lowest BCUT2D eigenvalue weighted by molar-refractivity contribution is 0.198. The van der Waals surface area contributed by atoms with Crippen LogP contribution >= 0.6 is 0 Å². The number of rotatable bonds is 3. The highest BCUT2D eigenvalue weighted by molar-refractivity contribution is 5.14. The minimum Gasteiger partial charge on any atom is -0.298 e. The quantitative estimate of drug-likeness (QED) is 0.858. The Balaban J connectivity index is 1.65. The normalized spacial score (nSPS) is 19.9. The first kappa shape index (κ1) is 13.2. The molecule has 0 N–H and O–H groups in total. The maximum Gasteiger partial charge on any atom is 0.115 e. The van der Waals surface area contributed by atoms with Crippen LogP contribution < -0.4 is 0 Å². The summed E-state index contributed by atoms with van der Waals surface area (Å²) in [5.41, 5.74) is 3.54. The molecule has 1 saturated heterocycles. The second-order valence-electron chi connectivity index (χ2n) is 5.52. The molecule has 20 heavy (non-hydrogen) atoms. The summed E-state index contributed by atoms with van der Waals surface area (Å²) in [5.74, 6) is 0.533. The fourth-order valence-corrected chi connectivity index (χ4v) is 2.83. The Morgan fingerprint density at radius 2 is 2.20 bits per heavy atom. The first-order valence-electron chi connectivity index (χ1n) is 7.21. The van der Waals surface area contributed by atoms with Crippen molar-refractivity contribution in [2.75, 3.05) is 13.1 Å². The van der Waals surface area contributed by atoms with Crippen molar-refractivity contribution >= 4 is 0 Å². The van der Waals surface area contributed by atoms with Crippen molar-refractivity contribution in [2.24, 2.45) is 0 Å². The Morgan fingerprint density at radius 1 is 1.25 bits per heavy atom. The van der Waals surface area contributed by atoms with Gasteiger partial charge in [0.1, 0.15) is 6.33 Å². The van der Waals surface area contributed by atoms with Crippen molar-refractivity contribution in [3.05, 3.63) is 53.9 Å². The first-order chi connectivity index (χ1) is 9.81. The standard InChI is InChI=1S/C16H20N4/c1-13-4-5-14(9-18-13)10-20-8-2-3-15(11-20)16-6-7-17-12-19-16/h4-7,9,12,15H,2-3,8,10-11H2,1H3. The van der Waals surface area contributed by atoms with Gasteiger partial charge in [-0.25, -0.2) is 9.97 Å². The Kier molecular flexibility index (Phi) is 4.02. The third kappa shape index (κ3) is 3.20. The first-order valence-corrected chi connectivity index (χ1v) is 7.21. The van der Waals surface area contributed by atoms with Gasteiger partial charge in [-0.2, -0.15) is 0 Å². The summed E-state index contributed by atoms with van der Waals surface area (Å²) >= 11 is 0. The molecule has 1 atom stereocenters. The van der Waals surface area contributed by atoms with E-state index in [1.54, 1.807) is 6.33 Å². The molecule has 0 bridgehead atoms. The molecule has 1 unspecified atom stereocenters. The maximum absolute atomic E-state index is 4.41. The van der Waals surface area contributed by atoms with Crippen molar-refractivity contribution in [1.29, 1.82) is 0 Å². The molecular formula is C16H20N4. The van der Waals surface area contributed by atoms with E-state index in [-0.39, 0.29) is 0 Å². The van der Waals surface area contributed by atoms with Gasteiger partial charge in [-0.15, -0.1) is 0 Å². The van der Waals surface area contributed by atoms with Crippen molar-refractivity contribution in [3.63, 3.8) is 0 Å². The average Bonchev–Trinajstić information content (AvgIpc) is 2.51. The van der Waals surface area contributed by atoms with E-state index < -0.39 is 0 Å². The molecule has 0 saturated carbocycles. The predicted molar refractivity (Wildman–Crippen MR) is 78.3 cm³/mol. The topological polar surface area (TPSA) is 41.9 Å². The Hall–Kier alpha value is -1.81. The van der Waals surface area contributed by atoms with Gasteiger partial charge < -0.3 is 0 Å². The third-order valence-electron chi connectivity index (χ3n) is 3.91. The molecule has 3 heterocycles. The number of hydrogen-bond acceptors (Lipinski definition) is 4. The monoisotopic (exact) mass is 268 g/mol. The molecule has 0 aliphatic carbocycles. The van der Waals surface area contributed by atoms with E-state index in [9.17, 15) is 0 Å². The van der Waals surface area contributed by atoms with E-state index in [0.29, 0.717) is 5.92 Å². The van der Waals surface area contributed by atoms with Crippen LogP contribution in [0.3, 0.4) is 0 Å². The summed E-state index contributed by atoms with van der Waals surface area (Å²) < 4.78 is 0. The van der Waals surface area contributed by atoms with Gasteiger partial charge in [0, 0.05) is 42.8 Å². The Morgan fingerprint density at radius 3 is 2.95 bits per heavy atom. The van der Waals surface area contributed by atoms with Crippen LogP contribution in [-0.2, 0) is 6.54 Å². The Bertz CT molecular complexity index is 538. The number of aryl methyl sites for hydroxylation is 1. The fraction of sp³-hybridized carbons (Fsp3) is 0.438. The van der Waals surface area contributed by atoms with Gasteiger partial charge in [-0.1, -0.05) is 6.07 Å². The fourth-order valence-electron chi connectivity index (χ4n) is 2.83. The van der Waals surface area contributed by atoms with Crippen molar-refractivity contribution in [1.82, 2.24) is 19.9 Å². The number of nitrogens with zero attached hydrogens (tertiary/aromatic N) is 4. The number of pyridine rings is 1. The second kappa shape index (κ2) is 6.09. The highest BCUT2D eigenvalue weighted by Crippen LogP contribution is 2.25. The van der Waals surface area contributed by atoms with Crippen LogP contribution in [0.1, 0.15) is 35.7 Å². The zero-order valence-corrected chi connectivity index (χ0v) is 11.9. The van der Waals surface area contributed by atoms with Gasteiger partial charge in [0.25, 0.3) is 0 Å². The third-order valence-corrected chi connectivity index (χ3v) is 3.91. The van der Waals surface area contributed by atoms with Crippen LogP contribution in [0.15, 0.2) is 36.9 Å². The lowest BCUT2D eigenvalue weighted by atomic mass is 9.94. The van der Waals surface area contributed by atoms with Gasteiger partial charge in [0.05, 0.1) is 0 Å². The van der Waals surface area contributed by atoms with Crippen LogP contribution in [0.2, 0.25) is 0 Å². The molecule has 3 rings (SSSR count). The minimum absolute atomic E-state index is 0.533. The molecule has 0 aromatic carbocycles. The van der Waals surface area contributed by atoms with Crippen LogP contribution in [-0.4, -0.2) is 32.9 Å². The molecule has 1 aliphatic rings. The maximum atomic E-state index is 4.41. The van der Waals surface area contributed by atoms with Gasteiger partial charge >= 0.3 is 0 Å². The molecule has 4 nitrogen and oxygen atoms in total. The molecule has 104 valence electrons. The van der Waals surface area contributed by atoms with Gasteiger partial charge in [-0.3, -0.25) is 9.88 Å². The smallest absolute Gasteiger partial charge is 0.115 e. The summed E-state index contributed by atoms with van der Waals surface area (Å²) in [6, 6.07) is 6.30.